The zero-order chi connectivity index (χ0) is 29.1. The van der Waals surface area contributed by atoms with Crippen molar-refractivity contribution < 1.29 is 48.6 Å². The highest BCUT2D eigenvalue weighted by Gasteiger charge is 2.48. The number of methoxy groups -OCH3 is 1. The number of phenols is 1. The van der Waals surface area contributed by atoms with Crippen LogP contribution in [-0.2, 0) is 25.5 Å². The molecule has 0 amide bonds. The van der Waals surface area contributed by atoms with Gasteiger partial charge in [-0.3, -0.25) is 9.59 Å². The molecular formula is C29H30O11. The highest BCUT2D eigenvalue weighted by atomic mass is 16.6. The second-order valence-corrected chi connectivity index (χ2v) is 9.55. The molecular weight excluding hydrogens is 524 g/mol. The number of carbonyl (C=O) groups excluding carboxylic acids is 2. The van der Waals surface area contributed by atoms with Crippen LogP contribution in [0.3, 0.4) is 0 Å². The van der Waals surface area contributed by atoms with Gasteiger partial charge in [0.1, 0.15) is 53.0 Å². The van der Waals surface area contributed by atoms with Gasteiger partial charge in [-0.2, -0.15) is 0 Å². The summed E-state index contributed by atoms with van der Waals surface area (Å²) < 4.78 is 22.3. The second-order valence-electron chi connectivity index (χ2n) is 9.55. The number of hydrogen-bond acceptors (Lipinski definition) is 11. The summed E-state index contributed by atoms with van der Waals surface area (Å²) in [6.45, 7) is 2.18. The molecule has 2 aromatic carbocycles. The van der Waals surface area contributed by atoms with Crippen LogP contribution in [0.2, 0.25) is 0 Å². The highest BCUT2D eigenvalue weighted by Crippen LogP contribution is 2.42. The predicted molar refractivity (Wildman–Crippen MR) is 142 cm³/mol. The van der Waals surface area contributed by atoms with Gasteiger partial charge < -0.3 is 39.1 Å². The normalized spacial score (nSPS) is 22.9. The smallest absolute Gasteiger partial charge is 0.331 e. The Kier molecular flexibility index (Phi) is 8.70. The maximum atomic E-state index is 13.0. The van der Waals surface area contributed by atoms with E-state index in [1.807, 2.05) is 0 Å². The van der Waals surface area contributed by atoms with Gasteiger partial charge in [-0.15, -0.1) is 0 Å². The van der Waals surface area contributed by atoms with Crippen molar-refractivity contribution in [1.29, 1.82) is 0 Å². The van der Waals surface area contributed by atoms with Gasteiger partial charge in [-0.1, -0.05) is 12.1 Å². The van der Waals surface area contributed by atoms with Crippen LogP contribution in [0.15, 0.2) is 51.7 Å². The van der Waals surface area contributed by atoms with Gasteiger partial charge in [0.2, 0.25) is 0 Å². The third-order valence-electron chi connectivity index (χ3n) is 6.62. The van der Waals surface area contributed by atoms with E-state index in [2.05, 4.69) is 0 Å². The van der Waals surface area contributed by atoms with Crippen LogP contribution in [0.25, 0.3) is 17.0 Å². The number of aliphatic hydroxyl groups excluding tert-OH is 3. The first kappa shape index (κ1) is 29.0. The minimum Gasteiger partial charge on any atom is -0.507 e. The van der Waals surface area contributed by atoms with Crippen molar-refractivity contribution in [2.45, 2.75) is 50.8 Å². The van der Waals surface area contributed by atoms with E-state index in [0.29, 0.717) is 16.9 Å². The molecule has 11 heteroatoms. The number of benzene rings is 2. The molecule has 0 spiro atoms. The number of esters is 1. The Morgan fingerprint density at radius 1 is 1.10 bits per heavy atom. The van der Waals surface area contributed by atoms with Crippen molar-refractivity contribution in [2.75, 3.05) is 13.7 Å². The molecule has 2 heterocycles. The van der Waals surface area contributed by atoms with Crippen LogP contribution in [-0.4, -0.2) is 70.3 Å². The molecule has 0 aliphatic carbocycles. The van der Waals surface area contributed by atoms with Gasteiger partial charge in [0.15, 0.2) is 11.5 Å². The van der Waals surface area contributed by atoms with Crippen molar-refractivity contribution >= 4 is 28.8 Å². The number of rotatable bonds is 8. The van der Waals surface area contributed by atoms with E-state index in [1.54, 1.807) is 31.2 Å². The fourth-order valence-electron chi connectivity index (χ4n) is 4.69. The third-order valence-corrected chi connectivity index (χ3v) is 6.62. The van der Waals surface area contributed by atoms with Crippen molar-refractivity contribution in [1.82, 2.24) is 0 Å². The summed E-state index contributed by atoms with van der Waals surface area (Å²) in [5.74, 6) is -0.932. The van der Waals surface area contributed by atoms with E-state index in [1.165, 1.54) is 32.2 Å². The standard InChI is InChI=1S/C29H30O11/c1-14-10-19(32)24(27-23(14)20(33)12-18(38-27)11-15(2)31)28-29(26(36)25(35)21(13-30)39-28)40-22(34)9-6-16-4-7-17(37-3)8-5-16/h4-10,12,21,25-26,28-30,32,35-36H,11,13H2,1-3H3. The van der Waals surface area contributed by atoms with Gasteiger partial charge >= 0.3 is 5.97 Å². The highest BCUT2D eigenvalue weighted by molar-refractivity contribution is 5.88. The van der Waals surface area contributed by atoms with Gasteiger partial charge in [0, 0.05) is 12.1 Å². The lowest BCUT2D eigenvalue weighted by atomic mass is 9.89. The van der Waals surface area contributed by atoms with Crippen molar-refractivity contribution in [3.05, 3.63) is 75.1 Å². The molecule has 4 rings (SSSR count). The quantitative estimate of drug-likeness (QED) is 0.236. The first-order valence-corrected chi connectivity index (χ1v) is 12.5. The summed E-state index contributed by atoms with van der Waals surface area (Å²) in [6, 6.07) is 9.27. The molecule has 1 aliphatic heterocycles. The van der Waals surface area contributed by atoms with Crippen LogP contribution in [0, 0.1) is 6.92 Å². The predicted octanol–water partition coefficient (Wildman–Crippen LogP) is 1.73. The molecule has 4 N–H and O–H groups in total. The molecule has 5 atom stereocenters. The van der Waals surface area contributed by atoms with E-state index in [9.17, 15) is 34.8 Å². The molecule has 0 saturated carbocycles. The molecule has 212 valence electrons. The number of ketones is 1. The minimum atomic E-state index is -1.75. The van der Waals surface area contributed by atoms with E-state index >= 15 is 0 Å². The molecule has 1 fully saturated rings. The second kappa shape index (κ2) is 12.0. The van der Waals surface area contributed by atoms with E-state index < -0.39 is 54.3 Å². The topological polar surface area (TPSA) is 173 Å². The SMILES string of the molecule is COc1ccc(C=CC(=O)OC2C(c3c(O)cc(C)c4c(=O)cc(CC(C)=O)oc34)OC(CO)C(O)C2O)cc1. The fourth-order valence-corrected chi connectivity index (χ4v) is 4.69. The lowest BCUT2D eigenvalue weighted by Gasteiger charge is -2.42. The Morgan fingerprint density at radius 2 is 1.80 bits per heavy atom. The summed E-state index contributed by atoms with van der Waals surface area (Å²) >= 11 is 0. The Bertz CT molecular complexity index is 1490. The number of hydrogen-bond donors (Lipinski definition) is 4. The molecule has 0 radical (unpaired) electrons. The van der Waals surface area contributed by atoms with Crippen molar-refractivity contribution in [2.24, 2.45) is 0 Å². The number of ether oxygens (including phenoxy) is 3. The zero-order valence-corrected chi connectivity index (χ0v) is 22.1. The average Bonchev–Trinajstić information content (AvgIpc) is 2.90. The maximum Gasteiger partial charge on any atom is 0.331 e. The van der Waals surface area contributed by atoms with Crippen LogP contribution < -0.4 is 10.2 Å². The summed E-state index contributed by atoms with van der Waals surface area (Å²) in [5, 5.41) is 42.3. The van der Waals surface area contributed by atoms with E-state index in [4.69, 9.17) is 18.6 Å². The van der Waals surface area contributed by atoms with E-state index in [0.717, 1.165) is 6.08 Å². The fraction of sp³-hybridized carbons (Fsp3) is 0.345. The molecule has 0 bridgehead atoms. The number of fused-ring (bicyclic) bond motifs is 1. The van der Waals surface area contributed by atoms with Crippen LogP contribution >= 0.6 is 0 Å². The molecule has 1 aromatic heterocycles. The zero-order valence-electron chi connectivity index (χ0n) is 22.1. The first-order chi connectivity index (χ1) is 19.0. The summed E-state index contributed by atoms with van der Waals surface area (Å²) in [5.41, 5.74) is 0.246. The van der Waals surface area contributed by atoms with E-state index in [-0.39, 0.29) is 34.5 Å². The number of aliphatic hydroxyl groups is 3. The van der Waals surface area contributed by atoms with Crippen LogP contribution in [0.4, 0.5) is 0 Å². The van der Waals surface area contributed by atoms with Crippen LogP contribution in [0.1, 0.15) is 35.5 Å². The number of Topliss-reactive ketones (excluding diaryl/α,β-unsaturated/α-hetero) is 1. The molecule has 1 saturated heterocycles. The number of aryl methyl sites for hydroxylation is 1. The van der Waals surface area contributed by atoms with Gasteiger partial charge in [-0.05, 0) is 49.2 Å². The van der Waals surface area contributed by atoms with Crippen molar-refractivity contribution in [3.8, 4) is 11.5 Å². The van der Waals surface area contributed by atoms with Gasteiger partial charge in [-0.25, -0.2) is 4.79 Å². The average molecular weight is 555 g/mol. The molecule has 40 heavy (non-hydrogen) atoms. The molecule has 1 aliphatic rings. The first-order valence-electron chi connectivity index (χ1n) is 12.5. The van der Waals surface area contributed by atoms with Crippen molar-refractivity contribution in [3.63, 3.8) is 0 Å². The Morgan fingerprint density at radius 3 is 2.42 bits per heavy atom. The largest absolute Gasteiger partial charge is 0.507 e. The Labute approximate surface area is 228 Å². The third kappa shape index (κ3) is 5.92. The number of phenolic OH excluding ortho intramolecular Hbond substituents is 1. The summed E-state index contributed by atoms with van der Waals surface area (Å²) in [4.78, 5) is 37.5. The van der Waals surface area contributed by atoms with Gasteiger partial charge in [0.25, 0.3) is 0 Å². The summed E-state index contributed by atoms with van der Waals surface area (Å²) in [7, 11) is 1.52. The van der Waals surface area contributed by atoms with Crippen LogP contribution in [0.5, 0.6) is 11.5 Å². The molecule has 5 unspecified atom stereocenters. The summed E-state index contributed by atoms with van der Waals surface area (Å²) in [6.07, 6.45) is -5.43. The maximum absolute atomic E-state index is 13.0. The monoisotopic (exact) mass is 554 g/mol. The molecule has 11 nitrogen and oxygen atoms in total. The Balaban J connectivity index is 1.78. The Hall–Kier alpha value is -4.03. The molecule has 3 aromatic rings. The minimum absolute atomic E-state index is 0.0299. The van der Waals surface area contributed by atoms with Gasteiger partial charge in [0.05, 0.1) is 31.1 Å². The lowest BCUT2D eigenvalue weighted by molar-refractivity contribution is -0.239. The lowest BCUT2D eigenvalue weighted by Crippen LogP contribution is -2.56. The number of carbonyl (C=O) groups is 2. The number of aromatic hydroxyl groups is 1.